The highest BCUT2D eigenvalue weighted by Crippen LogP contribution is 2.46. The van der Waals surface area contributed by atoms with Gasteiger partial charge in [-0.15, -0.1) is 0 Å². The molecule has 2 atom stereocenters. The van der Waals surface area contributed by atoms with Crippen molar-refractivity contribution in [2.75, 3.05) is 24.8 Å². The monoisotopic (exact) mass is 441 g/mol. The minimum Gasteiger partial charge on any atom is -0.496 e. The summed E-state index contributed by atoms with van der Waals surface area (Å²) in [6, 6.07) is 14.2. The number of aliphatic hydroxyl groups is 1. The zero-order valence-electron chi connectivity index (χ0n) is 13.6. The number of benzene rings is 2. The number of nitrogens with zero attached hydrogens (tertiary/aromatic N) is 1. The Morgan fingerprint density at radius 1 is 1.25 bits per heavy atom. The predicted octanol–water partition coefficient (Wildman–Crippen LogP) is 3.90. The number of likely N-dealkylation sites (tertiary alicyclic amines) is 1. The van der Waals surface area contributed by atoms with Crippen molar-refractivity contribution in [2.24, 2.45) is 0 Å². The van der Waals surface area contributed by atoms with Crippen LogP contribution in [-0.2, 0) is 5.60 Å². The van der Waals surface area contributed by atoms with Crippen LogP contribution in [0.4, 0.5) is 4.39 Å². The van der Waals surface area contributed by atoms with E-state index in [0.717, 1.165) is 16.7 Å². The first-order chi connectivity index (χ1) is 11.6. The third-order valence-electron chi connectivity index (χ3n) is 4.85. The van der Waals surface area contributed by atoms with Crippen LogP contribution in [0, 0.1) is 5.82 Å². The molecule has 0 aliphatic carbocycles. The van der Waals surface area contributed by atoms with E-state index in [1.165, 1.54) is 6.07 Å². The van der Waals surface area contributed by atoms with Crippen molar-refractivity contribution in [3.05, 3.63) is 65.5 Å². The second-order valence-electron chi connectivity index (χ2n) is 6.15. The van der Waals surface area contributed by atoms with Crippen LogP contribution in [0.3, 0.4) is 0 Å². The first-order valence-electron chi connectivity index (χ1n) is 7.98. The molecule has 2 unspecified atom stereocenters. The van der Waals surface area contributed by atoms with E-state index in [0.29, 0.717) is 24.3 Å². The molecule has 1 saturated heterocycles. The molecule has 0 spiro atoms. The van der Waals surface area contributed by atoms with Crippen LogP contribution in [0.2, 0.25) is 0 Å². The molecule has 1 heterocycles. The molecule has 3 rings (SSSR count). The summed E-state index contributed by atoms with van der Waals surface area (Å²) in [7, 11) is 1.60. The fourth-order valence-corrected chi connectivity index (χ4v) is 4.17. The van der Waals surface area contributed by atoms with E-state index >= 15 is 0 Å². The fourth-order valence-electron chi connectivity index (χ4n) is 3.55. The molecule has 128 valence electrons. The van der Waals surface area contributed by atoms with Gasteiger partial charge in [-0.05, 0) is 24.1 Å². The molecule has 2 aromatic rings. The Bertz CT molecular complexity index is 711. The molecule has 0 saturated carbocycles. The zero-order valence-corrected chi connectivity index (χ0v) is 15.7. The Hall–Kier alpha value is -1.18. The van der Waals surface area contributed by atoms with Gasteiger partial charge in [0.1, 0.15) is 17.2 Å². The summed E-state index contributed by atoms with van der Waals surface area (Å²) in [5.74, 6) is 0.0221. The maximum absolute atomic E-state index is 14.5. The molecule has 2 aromatic carbocycles. The van der Waals surface area contributed by atoms with Crippen molar-refractivity contribution in [3.63, 3.8) is 0 Å². The first kappa shape index (κ1) is 17.6. The van der Waals surface area contributed by atoms with Crippen LogP contribution < -0.4 is 4.74 Å². The summed E-state index contributed by atoms with van der Waals surface area (Å²) in [4.78, 5) is 2.24. The van der Waals surface area contributed by atoms with Gasteiger partial charge in [-0.3, -0.25) is 4.90 Å². The van der Waals surface area contributed by atoms with E-state index in [-0.39, 0.29) is 11.7 Å². The van der Waals surface area contributed by atoms with Crippen molar-refractivity contribution in [2.45, 2.75) is 17.9 Å². The average molecular weight is 441 g/mol. The lowest BCUT2D eigenvalue weighted by molar-refractivity contribution is -0.0449. The van der Waals surface area contributed by atoms with Crippen LogP contribution in [-0.4, -0.2) is 34.8 Å². The Kier molecular flexibility index (Phi) is 5.42. The number of ether oxygens (including phenoxy) is 1. The molecular formula is C19H21FINO2. The third kappa shape index (κ3) is 3.17. The SMILES string of the molecule is COc1ccccc1C1(O)CCN(CI)CC1c1ccccc1F. The fraction of sp³-hybridized carbons (Fsp3) is 0.368. The molecule has 0 aromatic heterocycles. The topological polar surface area (TPSA) is 32.7 Å². The summed E-state index contributed by atoms with van der Waals surface area (Å²) >= 11 is 2.31. The molecular weight excluding hydrogens is 420 g/mol. The van der Waals surface area contributed by atoms with Crippen LogP contribution >= 0.6 is 22.6 Å². The van der Waals surface area contributed by atoms with E-state index in [1.807, 2.05) is 30.3 Å². The highest BCUT2D eigenvalue weighted by Gasteiger charge is 2.45. The van der Waals surface area contributed by atoms with Crippen molar-refractivity contribution in [3.8, 4) is 5.75 Å². The normalized spacial score (nSPS) is 24.8. The average Bonchev–Trinajstić information content (AvgIpc) is 2.63. The molecule has 1 fully saturated rings. The van der Waals surface area contributed by atoms with Gasteiger partial charge in [-0.2, -0.15) is 0 Å². The van der Waals surface area contributed by atoms with Crippen molar-refractivity contribution >= 4 is 22.6 Å². The van der Waals surface area contributed by atoms with Crippen LogP contribution in [0.1, 0.15) is 23.5 Å². The Labute approximate surface area is 155 Å². The third-order valence-corrected chi connectivity index (χ3v) is 5.81. The smallest absolute Gasteiger partial charge is 0.126 e. The van der Waals surface area contributed by atoms with E-state index in [1.54, 1.807) is 19.2 Å². The maximum atomic E-state index is 14.5. The lowest BCUT2D eigenvalue weighted by Gasteiger charge is -2.45. The first-order valence-corrected chi connectivity index (χ1v) is 9.51. The quantitative estimate of drug-likeness (QED) is 0.444. The second-order valence-corrected chi connectivity index (χ2v) is 6.83. The Morgan fingerprint density at radius 3 is 2.67 bits per heavy atom. The largest absolute Gasteiger partial charge is 0.496 e. The number of alkyl halides is 1. The summed E-state index contributed by atoms with van der Waals surface area (Å²) in [6.07, 6.45) is 0.537. The van der Waals surface area contributed by atoms with Gasteiger partial charge in [0.2, 0.25) is 0 Å². The van der Waals surface area contributed by atoms with Gasteiger partial charge in [0, 0.05) is 24.6 Å². The highest BCUT2D eigenvalue weighted by atomic mass is 127. The molecule has 0 bridgehead atoms. The maximum Gasteiger partial charge on any atom is 0.126 e. The number of hydrogen-bond donors (Lipinski definition) is 1. The number of piperidine rings is 1. The van der Waals surface area contributed by atoms with Crippen LogP contribution in [0.15, 0.2) is 48.5 Å². The van der Waals surface area contributed by atoms with Gasteiger partial charge < -0.3 is 9.84 Å². The summed E-state index contributed by atoms with van der Waals surface area (Å²) < 4.78 is 20.8. The molecule has 1 aliphatic rings. The van der Waals surface area contributed by atoms with Crippen molar-refractivity contribution < 1.29 is 14.2 Å². The number of halogens is 2. The lowest BCUT2D eigenvalue weighted by Crippen LogP contribution is -2.48. The molecule has 0 radical (unpaired) electrons. The van der Waals surface area contributed by atoms with Crippen LogP contribution in [0.5, 0.6) is 5.75 Å². The summed E-state index contributed by atoms with van der Waals surface area (Å²) in [5.41, 5.74) is 0.131. The van der Waals surface area contributed by atoms with E-state index < -0.39 is 5.60 Å². The van der Waals surface area contributed by atoms with Crippen LogP contribution in [0.25, 0.3) is 0 Å². The van der Waals surface area contributed by atoms with E-state index in [9.17, 15) is 9.50 Å². The lowest BCUT2D eigenvalue weighted by atomic mass is 9.72. The number of methoxy groups -OCH3 is 1. The zero-order chi connectivity index (χ0) is 17.2. The molecule has 5 heteroatoms. The van der Waals surface area contributed by atoms with Crippen molar-refractivity contribution in [1.82, 2.24) is 4.90 Å². The molecule has 1 aliphatic heterocycles. The minimum absolute atomic E-state index is 0.272. The predicted molar refractivity (Wildman–Crippen MR) is 101 cm³/mol. The summed E-state index contributed by atoms with van der Waals surface area (Å²) in [5, 5.41) is 11.6. The molecule has 3 nitrogen and oxygen atoms in total. The Morgan fingerprint density at radius 2 is 1.96 bits per heavy atom. The van der Waals surface area contributed by atoms with Gasteiger partial charge in [-0.1, -0.05) is 59.0 Å². The molecule has 1 N–H and O–H groups in total. The van der Waals surface area contributed by atoms with Gasteiger partial charge in [0.15, 0.2) is 0 Å². The molecule has 24 heavy (non-hydrogen) atoms. The van der Waals surface area contributed by atoms with Gasteiger partial charge >= 0.3 is 0 Å². The molecule has 0 amide bonds. The van der Waals surface area contributed by atoms with Gasteiger partial charge in [0.05, 0.1) is 11.7 Å². The number of para-hydroxylation sites is 1. The second kappa shape index (κ2) is 7.37. The van der Waals surface area contributed by atoms with Gasteiger partial charge in [-0.25, -0.2) is 4.39 Å². The van der Waals surface area contributed by atoms with Crippen molar-refractivity contribution in [1.29, 1.82) is 0 Å². The minimum atomic E-state index is -1.16. The number of hydrogen-bond acceptors (Lipinski definition) is 3. The van der Waals surface area contributed by atoms with E-state index in [4.69, 9.17) is 4.74 Å². The highest BCUT2D eigenvalue weighted by molar-refractivity contribution is 14.1. The number of rotatable bonds is 4. The standard InChI is InChI=1S/C19H21FINO2/c1-24-18-9-5-3-7-15(18)19(23)10-11-22(13-21)12-16(19)14-6-2-4-8-17(14)20/h2-9,16,23H,10-13H2,1H3. The summed E-state index contributed by atoms with van der Waals surface area (Å²) in [6.45, 7) is 1.38. The van der Waals surface area contributed by atoms with Gasteiger partial charge in [0.25, 0.3) is 0 Å². The van der Waals surface area contributed by atoms with E-state index in [2.05, 4.69) is 27.5 Å². The Balaban J connectivity index is 2.11.